The molecular weight excluding hydrogens is 390 g/mol. The van der Waals surface area contributed by atoms with Gasteiger partial charge in [-0.05, 0) is 31.2 Å². The third-order valence-corrected chi connectivity index (χ3v) is 6.51. The number of H-pyrrole nitrogens is 1. The number of aryl methyl sites for hydroxylation is 1. The fourth-order valence-corrected chi connectivity index (χ4v) is 5.24. The first-order valence-electron chi connectivity index (χ1n) is 9.05. The first-order valence-corrected chi connectivity index (χ1v) is 10.7. The van der Waals surface area contributed by atoms with Crippen LogP contribution in [0.4, 0.5) is 0 Å². The van der Waals surface area contributed by atoms with E-state index in [-0.39, 0.29) is 5.56 Å². The van der Waals surface area contributed by atoms with Crippen LogP contribution in [-0.4, -0.2) is 24.1 Å². The molecule has 0 saturated carbocycles. The summed E-state index contributed by atoms with van der Waals surface area (Å²) in [5.41, 5.74) is 2.11. The highest BCUT2D eigenvalue weighted by molar-refractivity contribution is 7.19. The second kappa shape index (κ2) is 7.87. The van der Waals surface area contributed by atoms with Crippen molar-refractivity contribution in [3.63, 3.8) is 0 Å². The molecule has 0 amide bonds. The number of aromatic nitrogens is 2. The van der Waals surface area contributed by atoms with E-state index in [2.05, 4.69) is 37.2 Å². The maximum atomic E-state index is 12.8. The van der Waals surface area contributed by atoms with E-state index in [0.717, 1.165) is 27.6 Å². The number of methoxy groups -OCH3 is 1. The van der Waals surface area contributed by atoms with Crippen molar-refractivity contribution in [2.75, 3.05) is 14.2 Å². The molecule has 0 radical (unpaired) electrons. The number of hydrogen-bond acceptors (Lipinski definition) is 5. The largest absolute Gasteiger partial charge is 0.497 e. The van der Waals surface area contributed by atoms with Crippen molar-refractivity contribution in [3.05, 3.63) is 68.4 Å². The van der Waals surface area contributed by atoms with Crippen LogP contribution in [0.2, 0.25) is 0 Å². The van der Waals surface area contributed by atoms with Crippen molar-refractivity contribution in [1.82, 2.24) is 9.97 Å². The Morgan fingerprint density at radius 2 is 2.07 bits per heavy atom. The maximum absolute atomic E-state index is 12.8. The number of benzene rings is 1. The zero-order valence-corrected chi connectivity index (χ0v) is 17.7. The third kappa shape index (κ3) is 3.87. The van der Waals surface area contributed by atoms with Crippen molar-refractivity contribution >= 4 is 32.9 Å². The van der Waals surface area contributed by atoms with Crippen LogP contribution in [0.5, 0.6) is 5.75 Å². The van der Waals surface area contributed by atoms with Gasteiger partial charge in [-0.1, -0.05) is 12.1 Å². The van der Waals surface area contributed by atoms with Crippen LogP contribution in [0.1, 0.15) is 16.3 Å². The number of thiophene rings is 2. The summed E-state index contributed by atoms with van der Waals surface area (Å²) in [6, 6.07) is 12.2. The molecule has 0 aliphatic heterocycles. The fraction of sp³-hybridized carbons (Fsp3) is 0.238. The monoisotopic (exact) mass is 412 g/mol. The predicted molar refractivity (Wildman–Crippen MR) is 116 cm³/mol. The Labute approximate surface area is 171 Å². The quantitative estimate of drug-likeness (QED) is 0.511. The Morgan fingerprint density at radius 3 is 2.82 bits per heavy atom. The molecule has 0 aliphatic rings. The summed E-state index contributed by atoms with van der Waals surface area (Å²) in [7, 11) is 3.77. The van der Waals surface area contributed by atoms with Gasteiger partial charge < -0.3 is 14.6 Å². The first-order chi connectivity index (χ1) is 13.5. The number of aromatic amines is 1. The highest BCUT2D eigenvalue weighted by atomic mass is 32.1. The van der Waals surface area contributed by atoms with E-state index >= 15 is 0 Å². The molecule has 2 N–H and O–H groups in total. The first kappa shape index (κ1) is 18.9. The number of nitrogens with zero attached hydrogens (tertiary/aromatic N) is 1. The molecule has 0 bridgehead atoms. The van der Waals surface area contributed by atoms with Crippen molar-refractivity contribution in [2.24, 2.45) is 0 Å². The highest BCUT2D eigenvalue weighted by Gasteiger charge is 2.16. The fourth-order valence-electron chi connectivity index (χ4n) is 3.32. The van der Waals surface area contributed by atoms with E-state index in [1.54, 1.807) is 18.4 Å². The molecule has 4 rings (SSSR count). The smallest absolute Gasteiger partial charge is 0.260 e. The van der Waals surface area contributed by atoms with Gasteiger partial charge in [0.25, 0.3) is 5.56 Å². The Bertz CT molecular complexity index is 1180. The van der Waals surface area contributed by atoms with E-state index in [0.29, 0.717) is 17.8 Å². The summed E-state index contributed by atoms with van der Waals surface area (Å²) in [6.07, 6.45) is 0. The Morgan fingerprint density at radius 1 is 1.21 bits per heavy atom. The predicted octanol–water partition coefficient (Wildman–Crippen LogP) is 3.25. The minimum Gasteiger partial charge on any atom is -0.497 e. The van der Waals surface area contributed by atoms with Crippen molar-refractivity contribution in [1.29, 1.82) is 0 Å². The molecular formula is C21H22N3O2S2+. The normalized spacial score (nSPS) is 12.4. The molecule has 1 aromatic carbocycles. The van der Waals surface area contributed by atoms with E-state index in [9.17, 15) is 4.79 Å². The van der Waals surface area contributed by atoms with Gasteiger partial charge >= 0.3 is 0 Å². The van der Waals surface area contributed by atoms with Crippen molar-refractivity contribution in [3.8, 4) is 16.2 Å². The summed E-state index contributed by atoms with van der Waals surface area (Å²) in [5.74, 6) is 1.57. The van der Waals surface area contributed by atoms with Crippen LogP contribution in [0.3, 0.4) is 0 Å². The molecule has 0 aliphatic carbocycles. The number of rotatable bonds is 6. The Kier molecular flexibility index (Phi) is 5.30. The van der Waals surface area contributed by atoms with Crippen molar-refractivity contribution in [2.45, 2.75) is 20.0 Å². The lowest BCUT2D eigenvalue weighted by Crippen LogP contribution is -3.06. The number of hydrogen-bond donors (Lipinski definition) is 2. The van der Waals surface area contributed by atoms with Crippen molar-refractivity contribution < 1.29 is 9.64 Å². The Hall–Kier alpha value is -2.48. The molecule has 0 fully saturated rings. The van der Waals surface area contributed by atoms with Gasteiger partial charge in [0.1, 0.15) is 23.7 Å². The number of fused-ring (bicyclic) bond motifs is 1. The summed E-state index contributed by atoms with van der Waals surface area (Å²) in [4.78, 5) is 24.9. The second-order valence-corrected chi connectivity index (χ2v) is 9.06. The maximum Gasteiger partial charge on any atom is 0.260 e. The standard InChI is InChI=1S/C21H21N3O2S2/c1-13-7-8-17(28-13)16-12-27-21-19(16)20(25)22-18(23-21)11-24(2)10-14-5-4-6-15(9-14)26-3/h4-9,12H,10-11H2,1-3H3,(H,22,23,25)/p+1. The zero-order chi connectivity index (χ0) is 19.7. The van der Waals surface area contributed by atoms with Gasteiger partial charge in [0.05, 0.1) is 19.5 Å². The van der Waals surface area contributed by atoms with Gasteiger partial charge in [0, 0.05) is 26.3 Å². The third-order valence-electron chi connectivity index (χ3n) is 4.61. The molecule has 1 unspecified atom stereocenters. The molecule has 3 heterocycles. The van der Waals surface area contributed by atoms with E-state index in [1.807, 2.05) is 23.6 Å². The number of nitrogens with one attached hydrogen (secondary N) is 2. The SMILES string of the molecule is COc1cccc(C[NH+](C)Cc2nc3scc(-c4ccc(C)s4)c3c(=O)[nH]2)c1. The van der Waals surface area contributed by atoms with Crippen LogP contribution in [0.15, 0.2) is 46.6 Å². The summed E-state index contributed by atoms with van der Waals surface area (Å²) < 4.78 is 5.29. The molecule has 7 heteroatoms. The molecule has 5 nitrogen and oxygen atoms in total. The molecule has 28 heavy (non-hydrogen) atoms. The minimum atomic E-state index is -0.0588. The molecule has 0 spiro atoms. The molecule has 144 valence electrons. The molecule has 1 atom stereocenters. The van der Waals surface area contributed by atoms with Gasteiger partial charge in [0.2, 0.25) is 0 Å². The van der Waals surface area contributed by atoms with E-state index in [1.165, 1.54) is 26.7 Å². The van der Waals surface area contributed by atoms with Crippen LogP contribution >= 0.6 is 22.7 Å². The Balaban J connectivity index is 1.57. The van der Waals surface area contributed by atoms with Gasteiger partial charge in [-0.3, -0.25) is 4.79 Å². The van der Waals surface area contributed by atoms with Crippen LogP contribution in [-0.2, 0) is 13.1 Å². The van der Waals surface area contributed by atoms with Gasteiger partial charge in [-0.2, -0.15) is 0 Å². The molecule has 3 aromatic heterocycles. The summed E-state index contributed by atoms with van der Waals surface area (Å²) in [5, 5.41) is 2.73. The van der Waals surface area contributed by atoms with Gasteiger partial charge in [0.15, 0.2) is 5.82 Å². The molecule has 4 aromatic rings. The average Bonchev–Trinajstić information content (AvgIpc) is 3.28. The van der Waals surface area contributed by atoms with Crippen LogP contribution in [0, 0.1) is 6.92 Å². The van der Waals surface area contributed by atoms with Gasteiger partial charge in [-0.15, -0.1) is 22.7 Å². The van der Waals surface area contributed by atoms with E-state index in [4.69, 9.17) is 9.72 Å². The van der Waals surface area contributed by atoms with E-state index < -0.39 is 0 Å². The zero-order valence-electron chi connectivity index (χ0n) is 16.0. The summed E-state index contributed by atoms with van der Waals surface area (Å²) >= 11 is 3.23. The van der Waals surface area contributed by atoms with Crippen LogP contribution in [0.25, 0.3) is 20.7 Å². The highest BCUT2D eigenvalue weighted by Crippen LogP contribution is 2.34. The lowest BCUT2D eigenvalue weighted by atomic mass is 10.2. The molecule has 0 saturated heterocycles. The van der Waals surface area contributed by atoms with Gasteiger partial charge in [-0.25, -0.2) is 4.98 Å². The topological polar surface area (TPSA) is 59.4 Å². The minimum absolute atomic E-state index is 0.0588. The lowest BCUT2D eigenvalue weighted by molar-refractivity contribution is -0.908. The number of ether oxygens (including phenoxy) is 1. The average molecular weight is 413 g/mol. The number of quaternary nitrogens is 1. The second-order valence-electron chi connectivity index (χ2n) is 6.91. The summed E-state index contributed by atoms with van der Waals surface area (Å²) in [6.45, 7) is 3.54. The lowest BCUT2D eigenvalue weighted by Gasteiger charge is -2.14. The van der Waals surface area contributed by atoms with Crippen LogP contribution < -0.4 is 15.2 Å².